The van der Waals surface area contributed by atoms with Crippen molar-refractivity contribution in [2.75, 3.05) is 20.2 Å². The summed E-state index contributed by atoms with van der Waals surface area (Å²) in [5, 5.41) is 0.777. The Bertz CT molecular complexity index is 1060. The van der Waals surface area contributed by atoms with E-state index in [4.69, 9.17) is 11.2 Å². The molecule has 0 radical (unpaired) electrons. The van der Waals surface area contributed by atoms with E-state index in [2.05, 4.69) is 10.9 Å². The third-order valence-corrected chi connectivity index (χ3v) is 4.29. The van der Waals surface area contributed by atoms with Gasteiger partial charge in [-0.05, 0) is 25.5 Å². The topological polar surface area (TPSA) is 63.9 Å². The third kappa shape index (κ3) is 2.68. The van der Waals surface area contributed by atoms with Gasteiger partial charge in [-0.1, -0.05) is 24.1 Å². The van der Waals surface area contributed by atoms with Crippen LogP contribution in [0.25, 0.3) is 16.4 Å². The Labute approximate surface area is 151 Å². The molecule has 0 aliphatic heterocycles. The zero-order valence-electron chi connectivity index (χ0n) is 14.9. The first-order chi connectivity index (χ1) is 12.5. The zero-order valence-corrected chi connectivity index (χ0v) is 14.9. The van der Waals surface area contributed by atoms with E-state index in [0.717, 1.165) is 10.9 Å². The van der Waals surface area contributed by atoms with Gasteiger partial charge in [0, 0.05) is 12.4 Å². The van der Waals surface area contributed by atoms with Crippen molar-refractivity contribution in [2.24, 2.45) is 0 Å². The van der Waals surface area contributed by atoms with Crippen molar-refractivity contribution in [3.8, 4) is 12.3 Å². The first kappa shape index (κ1) is 17.5. The van der Waals surface area contributed by atoms with Crippen molar-refractivity contribution >= 4 is 28.3 Å². The molecule has 0 saturated heterocycles. The van der Waals surface area contributed by atoms with Gasteiger partial charge in [0.1, 0.15) is 6.33 Å². The van der Waals surface area contributed by atoms with Crippen LogP contribution in [0.1, 0.15) is 33.3 Å². The molecule has 2 aromatic heterocycles. The quantitative estimate of drug-likeness (QED) is 0.537. The summed E-state index contributed by atoms with van der Waals surface area (Å²) in [7, 11) is 1.66. The second kappa shape index (κ2) is 6.89. The molecule has 0 N–H and O–H groups in total. The van der Waals surface area contributed by atoms with Crippen molar-refractivity contribution in [2.45, 2.75) is 13.8 Å². The van der Waals surface area contributed by atoms with Crippen molar-refractivity contribution in [1.29, 1.82) is 0 Å². The summed E-state index contributed by atoms with van der Waals surface area (Å²) in [6.07, 6.45) is 6.93. The van der Waals surface area contributed by atoms with Gasteiger partial charge < -0.3 is 9.64 Å². The molecule has 3 rings (SSSR count). The smallest absolute Gasteiger partial charge is 0.359 e. The Morgan fingerprint density at radius 2 is 2.08 bits per heavy atom. The molecule has 0 aliphatic carbocycles. The number of fused-ring (bicyclic) bond motifs is 3. The Morgan fingerprint density at radius 3 is 2.77 bits per heavy atom. The molecule has 0 fully saturated rings. The minimum atomic E-state index is -0.510. The van der Waals surface area contributed by atoms with Gasteiger partial charge in [-0.2, -0.15) is 0 Å². The number of benzene rings is 1. The maximum Gasteiger partial charge on any atom is 0.359 e. The summed E-state index contributed by atoms with van der Waals surface area (Å²) in [6.45, 7) is 3.99. The number of aromatic nitrogens is 2. The number of imidazole rings is 1. The number of nitrogens with zero attached hydrogens (tertiary/aromatic N) is 3. The zero-order chi connectivity index (χ0) is 18.8. The highest BCUT2D eigenvalue weighted by Gasteiger charge is 2.24. The standard InChI is InChI=1S/C20H19N3O3/c1-5-11-22(4)19(24)16-13(3)18-17(20(25)26-6-2)21-12-23(18)15-10-8-7-9-14(15)16/h1,7-10,12H,6,11H2,2-4H3. The summed E-state index contributed by atoms with van der Waals surface area (Å²) >= 11 is 0. The number of carbonyl (C=O) groups is 2. The van der Waals surface area contributed by atoms with Crippen LogP contribution >= 0.6 is 0 Å². The minimum Gasteiger partial charge on any atom is -0.461 e. The number of carbonyl (C=O) groups excluding carboxylic acids is 2. The molecule has 6 nitrogen and oxygen atoms in total. The lowest BCUT2D eigenvalue weighted by Gasteiger charge is -2.19. The Morgan fingerprint density at radius 1 is 1.35 bits per heavy atom. The van der Waals surface area contributed by atoms with Crippen LogP contribution in [-0.4, -0.2) is 46.4 Å². The van der Waals surface area contributed by atoms with E-state index in [-0.39, 0.29) is 24.8 Å². The van der Waals surface area contributed by atoms with Crippen LogP contribution in [0.15, 0.2) is 30.6 Å². The molecule has 0 unspecified atom stereocenters. The van der Waals surface area contributed by atoms with Gasteiger partial charge in [0.2, 0.25) is 0 Å². The summed E-state index contributed by atoms with van der Waals surface area (Å²) < 4.78 is 6.93. The number of terminal acetylenes is 1. The maximum atomic E-state index is 13.0. The largest absolute Gasteiger partial charge is 0.461 e. The van der Waals surface area contributed by atoms with Crippen molar-refractivity contribution < 1.29 is 14.3 Å². The molecule has 1 aromatic carbocycles. The van der Waals surface area contributed by atoms with E-state index in [9.17, 15) is 9.59 Å². The van der Waals surface area contributed by atoms with Gasteiger partial charge in [-0.15, -0.1) is 6.42 Å². The number of esters is 1. The van der Waals surface area contributed by atoms with E-state index in [1.165, 1.54) is 4.90 Å². The van der Waals surface area contributed by atoms with Crippen LogP contribution in [0.5, 0.6) is 0 Å². The molecule has 1 amide bonds. The van der Waals surface area contributed by atoms with Gasteiger partial charge in [-0.25, -0.2) is 9.78 Å². The first-order valence-electron chi connectivity index (χ1n) is 8.25. The summed E-state index contributed by atoms with van der Waals surface area (Å²) in [5.74, 6) is 1.77. The van der Waals surface area contributed by atoms with E-state index < -0.39 is 5.97 Å². The fraction of sp³-hybridized carbons (Fsp3) is 0.250. The molecule has 0 saturated carbocycles. The highest BCUT2D eigenvalue weighted by Crippen LogP contribution is 2.29. The molecular weight excluding hydrogens is 330 g/mol. The normalized spacial score (nSPS) is 10.7. The summed E-state index contributed by atoms with van der Waals surface area (Å²) in [6, 6.07) is 7.51. The van der Waals surface area contributed by atoms with Crippen LogP contribution in [-0.2, 0) is 4.74 Å². The number of aryl methyl sites for hydroxylation is 1. The van der Waals surface area contributed by atoms with Crippen LogP contribution in [0.3, 0.4) is 0 Å². The lowest BCUT2D eigenvalue weighted by Crippen LogP contribution is -2.28. The Balaban J connectivity index is 2.37. The average Bonchev–Trinajstić information content (AvgIpc) is 3.08. The highest BCUT2D eigenvalue weighted by molar-refractivity contribution is 6.11. The number of amides is 1. The Hall–Kier alpha value is -3.33. The van der Waals surface area contributed by atoms with Gasteiger partial charge in [0.15, 0.2) is 5.69 Å². The lowest BCUT2D eigenvalue weighted by atomic mass is 10.00. The van der Waals surface area contributed by atoms with Crippen LogP contribution in [0.2, 0.25) is 0 Å². The summed E-state index contributed by atoms with van der Waals surface area (Å²) in [5.41, 5.74) is 2.73. The molecule has 6 heteroatoms. The van der Waals surface area contributed by atoms with Gasteiger partial charge >= 0.3 is 5.97 Å². The molecule has 0 atom stereocenters. The monoisotopic (exact) mass is 349 g/mol. The molecule has 0 spiro atoms. The first-order valence-corrected chi connectivity index (χ1v) is 8.25. The fourth-order valence-electron chi connectivity index (χ4n) is 3.13. The lowest BCUT2D eigenvalue weighted by molar-refractivity contribution is 0.0522. The molecule has 0 aliphatic rings. The average molecular weight is 349 g/mol. The molecular formula is C20H19N3O3. The predicted octanol–water partition coefficient (Wildman–Crippen LogP) is 2.68. The summed E-state index contributed by atoms with van der Waals surface area (Å²) in [4.78, 5) is 31.0. The maximum absolute atomic E-state index is 13.0. The number of pyridine rings is 1. The third-order valence-electron chi connectivity index (χ3n) is 4.29. The number of rotatable bonds is 4. The van der Waals surface area contributed by atoms with E-state index in [1.807, 2.05) is 35.6 Å². The van der Waals surface area contributed by atoms with E-state index in [1.54, 1.807) is 20.3 Å². The number of hydrogen-bond donors (Lipinski definition) is 0. The number of ether oxygens (including phenoxy) is 1. The fourth-order valence-corrected chi connectivity index (χ4v) is 3.13. The van der Waals surface area contributed by atoms with Gasteiger partial charge in [0.05, 0.1) is 29.7 Å². The molecule has 0 bridgehead atoms. The highest BCUT2D eigenvalue weighted by atomic mass is 16.5. The molecule has 3 aromatic rings. The van der Waals surface area contributed by atoms with Crippen LogP contribution in [0, 0.1) is 19.3 Å². The second-order valence-corrected chi connectivity index (χ2v) is 5.91. The van der Waals surface area contributed by atoms with Crippen molar-refractivity contribution in [1.82, 2.24) is 14.3 Å². The second-order valence-electron chi connectivity index (χ2n) is 5.91. The predicted molar refractivity (Wildman–Crippen MR) is 99.2 cm³/mol. The number of para-hydroxylation sites is 1. The molecule has 2 heterocycles. The Kier molecular flexibility index (Phi) is 4.63. The van der Waals surface area contributed by atoms with Crippen LogP contribution < -0.4 is 0 Å². The van der Waals surface area contributed by atoms with Crippen molar-refractivity contribution in [3.63, 3.8) is 0 Å². The van der Waals surface area contributed by atoms with Gasteiger partial charge in [-0.3, -0.25) is 9.20 Å². The minimum absolute atomic E-state index is 0.196. The van der Waals surface area contributed by atoms with E-state index in [0.29, 0.717) is 16.6 Å². The van der Waals surface area contributed by atoms with E-state index >= 15 is 0 Å². The molecule has 26 heavy (non-hydrogen) atoms. The SMILES string of the molecule is C#CCN(C)C(=O)c1c(C)c2c(C(=O)OCC)ncn2c2ccccc12. The molecule has 132 valence electrons. The van der Waals surface area contributed by atoms with Gasteiger partial charge in [0.25, 0.3) is 5.91 Å². The van der Waals surface area contributed by atoms with Crippen molar-refractivity contribution in [3.05, 3.63) is 47.4 Å². The number of hydrogen-bond acceptors (Lipinski definition) is 4. The van der Waals surface area contributed by atoms with Crippen LogP contribution in [0.4, 0.5) is 0 Å².